The average molecular weight is 354 g/mol. The zero-order valence-electron chi connectivity index (χ0n) is 16.8. The van der Waals surface area contributed by atoms with Crippen LogP contribution >= 0.6 is 0 Å². The first-order valence-corrected chi connectivity index (χ1v) is 11.5. The number of para-hydroxylation sites is 1. The lowest BCUT2D eigenvalue weighted by Crippen LogP contribution is -2.36. The van der Waals surface area contributed by atoms with Gasteiger partial charge in [-0.05, 0) is 30.5 Å². The second-order valence-corrected chi connectivity index (χ2v) is 10.4. The molecule has 138 valence electrons. The SMILES string of the molecule is COc1c(C(C(C)C(C)(C)C)[C@H](O)O[SiH](C)C)cccc1N(C)C. The predicted octanol–water partition coefficient (Wildman–Crippen LogP) is 3.85. The molecule has 0 saturated carbocycles. The molecule has 2 unspecified atom stereocenters. The molecular formula is C19H35NO3Si. The van der Waals surface area contributed by atoms with Gasteiger partial charge < -0.3 is 19.2 Å². The van der Waals surface area contributed by atoms with E-state index in [1.807, 2.05) is 37.2 Å². The Balaban J connectivity index is 3.47. The second-order valence-electron chi connectivity index (χ2n) is 8.05. The van der Waals surface area contributed by atoms with E-state index in [2.05, 4.69) is 40.8 Å². The van der Waals surface area contributed by atoms with Crippen molar-refractivity contribution in [2.75, 3.05) is 26.1 Å². The lowest BCUT2D eigenvalue weighted by Gasteiger charge is -2.38. The van der Waals surface area contributed by atoms with Crippen LogP contribution in [0, 0.1) is 11.3 Å². The maximum Gasteiger partial charge on any atom is 0.174 e. The van der Waals surface area contributed by atoms with Crippen LogP contribution < -0.4 is 9.64 Å². The number of nitrogens with zero attached hydrogens (tertiary/aromatic N) is 1. The van der Waals surface area contributed by atoms with Gasteiger partial charge in [0.15, 0.2) is 15.3 Å². The van der Waals surface area contributed by atoms with E-state index in [0.717, 1.165) is 17.0 Å². The summed E-state index contributed by atoms with van der Waals surface area (Å²) >= 11 is 0. The molecule has 0 bridgehead atoms. The fourth-order valence-electron chi connectivity index (χ4n) is 2.95. The Morgan fingerprint density at radius 2 is 1.75 bits per heavy atom. The molecule has 0 spiro atoms. The van der Waals surface area contributed by atoms with E-state index in [1.165, 1.54) is 0 Å². The first-order chi connectivity index (χ1) is 11.0. The van der Waals surface area contributed by atoms with Crippen LogP contribution in [0.1, 0.15) is 39.2 Å². The number of rotatable bonds is 7. The van der Waals surface area contributed by atoms with Gasteiger partial charge in [0, 0.05) is 25.6 Å². The molecule has 0 heterocycles. The van der Waals surface area contributed by atoms with Crippen LogP contribution in [0.25, 0.3) is 0 Å². The van der Waals surface area contributed by atoms with Crippen molar-refractivity contribution in [3.8, 4) is 5.75 Å². The monoisotopic (exact) mass is 353 g/mol. The maximum atomic E-state index is 10.9. The Hall–Kier alpha value is -1.04. The molecule has 0 amide bonds. The Kier molecular flexibility index (Phi) is 7.32. The Bertz CT molecular complexity index is 526. The van der Waals surface area contributed by atoms with Crippen LogP contribution in [0.15, 0.2) is 18.2 Å². The van der Waals surface area contributed by atoms with Crippen molar-refractivity contribution in [3.05, 3.63) is 23.8 Å². The molecule has 1 aromatic rings. The summed E-state index contributed by atoms with van der Waals surface area (Å²) in [7, 11) is 4.32. The van der Waals surface area contributed by atoms with Crippen molar-refractivity contribution in [2.24, 2.45) is 11.3 Å². The van der Waals surface area contributed by atoms with E-state index in [9.17, 15) is 5.11 Å². The second kappa shape index (κ2) is 8.36. The van der Waals surface area contributed by atoms with Crippen molar-refractivity contribution >= 4 is 14.7 Å². The van der Waals surface area contributed by atoms with Gasteiger partial charge in [-0.15, -0.1) is 0 Å². The van der Waals surface area contributed by atoms with Crippen LogP contribution in [0.4, 0.5) is 5.69 Å². The first kappa shape index (κ1) is 21.0. The number of aliphatic hydroxyl groups excluding tert-OH is 1. The van der Waals surface area contributed by atoms with Crippen molar-refractivity contribution in [1.82, 2.24) is 0 Å². The van der Waals surface area contributed by atoms with Gasteiger partial charge in [-0.25, -0.2) is 0 Å². The summed E-state index contributed by atoms with van der Waals surface area (Å²) in [6, 6.07) is 6.11. The predicted molar refractivity (Wildman–Crippen MR) is 105 cm³/mol. The smallest absolute Gasteiger partial charge is 0.174 e. The van der Waals surface area contributed by atoms with Crippen LogP contribution in [-0.4, -0.2) is 41.6 Å². The highest BCUT2D eigenvalue weighted by Gasteiger charge is 2.37. The van der Waals surface area contributed by atoms with Crippen molar-refractivity contribution in [1.29, 1.82) is 0 Å². The number of anilines is 1. The zero-order chi connectivity index (χ0) is 18.7. The van der Waals surface area contributed by atoms with E-state index in [-0.39, 0.29) is 17.3 Å². The third-order valence-electron chi connectivity index (χ3n) is 4.69. The summed E-state index contributed by atoms with van der Waals surface area (Å²) in [5.74, 6) is 0.887. The zero-order valence-corrected chi connectivity index (χ0v) is 17.9. The molecule has 0 radical (unpaired) electrons. The number of aliphatic hydroxyl groups is 1. The topological polar surface area (TPSA) is 41.9 Å². The number of hydrogen-bond donors (Lipinski definition) is 1. The fraction of sp³-hybridized carbons (Fsp3) is 0.684. The molecule has 1 N–H and O–H groups in total. The van der Waals surface area contributed by atoms with Crippen LogP contribution in [0.5, 0.6) is 5.75 Å². The van der Waals surface area contributed by atoms with E-state index >= 15 is 0 Å². The number of methoxy groups -OCH3 is 1. The third-order valence-corrected chi connectivity index (χ3v) is 5.52. The molecule has 1 rings (SSSR count). The third kappa shape index (κ3) is 4.98. The van der Waals surface area contributed by atoms with Gasteiger partial charge >= 0.3 is 0 Å². The van der Waals surface area contributed by atoms with Gasteiger partial charge in [-0.3, -0.25) is 0 Å². The molecular weight excluding hydrogens is 318 g/mol. The van der Waals surface area contributed by atoms with E-state index in [4.69, 9.17) is 9.16 Å². The summed E-state index contributed by atoms with van der Waals surface area (Å²) in [6.45, 7) is 12.9. The lowest BCUT2D eigenvalue weighted by molar-refractivity contribution is -0.0655. The van der Waals surface area contributed by atoms with Crippen molar-refractivity contribution in [3.63, 3.8) is 0 Å². The van der Waals surface area contributed by atoms with Gasteiger partial charge in [0.05, 0.1) is 12.8 Å². The standard InChI is InChI=1S/C19H35NO3Si/c1-13(19(2,3)4)16(18(21)23-24(8)9)14-11-10-12-15(20(5)6)17(14)22-7/h10-13,16,18,21,24H,1-9H3/t13?,16?,18-/m1/s1. The minimum absolute atomic E-state index is 0.0344. The maximum absolute atomic E-state index is 10.9. The molecule has 0 fully saturated rings. The van der Waals surface area contributed by atoms with Crippen LogP contribution in [-0.2, 0) is 4.43 Å². The number of ether oxygens (including phenoxy) is 1. The van der Waals surface area contributed by atoms with Gasteiger partial charge in [-0.2, -0.15) is 0 Å². The molecule has 1 aromatic carbocycles. The minimum atomic E-state index is -1.36. The van der Waals surface area contributed by atoms with Gasteiger partial charge in [0.2, 0.25) is 0 Å². The van der Waals surface area contributed by atoms with E-state index in [1.54, 1.807) is 7.11 Å². The molecule has 0 aliphatic carbocycles. The normalized spacial score (nSPS) is 16.0. The molecule has 3 atom stereocenters. The fourth-order valence-corrected chi connectivity index (χ4v) is 3.68. The van der Waals surface area contributed by atoms with Gasteiger partial charge in [0.25, 0.3) is 0 Å². The molecule has 24 heavy (non-hydrogen) atoms. The number of benzene rings is 1. The highest BCUT2D eigenvalue weighted by Crippen LogP contribution is 2.45. The Morgan fingerprint density at radius 3 is 2.17 bits per heavy atom. The number of hydrogen-bond acceptors (Lipinski definition) is 4. The summed E-state index contributed by atoms with van der Waals surface area (Å²) in [5.41, 5.74) is 2.05. The molecule has 0 aliphatic rings. The lowest BCUT2D eigenvalue weighted by atomic mass is 9.71. The van der Waals surface area contributed by atoms with Crippen LogP contribution in [0.3, 0.4) is 0 Å². The van der Waals surface area contributed by atoms with E-state index in [0.29, 0.717) is 0 Å². The van der Waals surface area contributed by atoms with Crippen LogP contribution in [0.2, 0.25) is 13.1 Å². The molecule has 5 heteroatoms. The minimum Gasteiger partial charge on any atom is -0.494 e. The van der Waals surface area contributed by atoms with Crippen molar-refractivity contribution < 1.29 is 14.3 Å². The van der Waals surface area contributed by atoms with E-state index < -0.39 is 15.3 Å². The highest BCUT2D eigenvalue weighted by atomic mass is 28.3. The summed E-state index contributed by atoms with van der Waals surface area (Å²) in [5, 5.41) is 10.9. The highest BCUT2D eigenvalue weighted by molar-refractivity contribution is 6.48. The quantitative estimate of drug-likeness (QED) is 0.597. The average Bonchev–Trinajstić information content (AvgIpc) is 2.45. The summed E-state index contributed by atoms with van der Waals surface area (Å²) in [6.07, 6.45) is -0.822. The largest absolute Gasteiger partial charge is 0.494 e. The van der Waals surface area contributed by atoms with Gasteiger partial charge in [-0.1, -0.05) is 39.8 Å². The summed E-state index contributed by atoms with van der Waals surface area (Å²) < 4.78 is 11.6. The summed E-state index contributed by atoms with van der Waals surface area (Å²) in [4.78, 5) is 2.03. The van der Waals surface area contributed by atoms with Gasteiger partial charge in [0.1, 0.15) is 5.75 Å². The molecule has 0 aromatic heterocycles. The Morgan fingerprint density at radius 1 is 1.17 bits per heavy atom. The molecule has 4 nitrogen and oxygen atoms in total. The molecule has 0 aliphatic heterocycles. The molecule has 0 saturated heterocycles. The first-order valence-electron chi connectivity index (χ1n) is 8.68. The van der Waals surface area contributed by atoms with Crippen molar-refractivity contribution in [2.45, 2.75) is 53.0 Å². The Labute approximate surface area is 149 Å².